The predicted octanol–water partition coefficient (Wildman–Crippen LogP) is 0.693. The van der Waals surface area contributed by atoms with Crippen LogP contribution in [0.2, 0.25) is 0 Å². The van der Waals surface area contributed by atoms with Crippen molar-refractivity contribution in [2.75, 3.05) is 7.05 Å². The molecule has 684 valence electrons. The topological polar surface area (TPSA) is 536 Å². The molecular weight excluding hydrogens is 1720 g/mol. The Morgan fingerprint density at radius 2 is 0.724 bits per heavy atom. The Kier molecular flexibility index (Phi) is 30.7. The first-order valence-corrected chi connectivity index (χ1v) is 39.4. The number of ether oxygens (including phenoxy) is 1. The van der Waals surface area contributed by atoms with Crippen molar-refractivity contribution in [3.8, 4) is 17.2 Å². The summed E-state index contributed by atoms with van der Waals surface area (Å²) in [6.45, 7) is 7.70. The highest BCUT2D eigenvalue weighted by atomic mass is 19.2. The van der Waals surface area contributed by atoms with Gasteiger partial charge in [-0.2, -0.15) is 54.5 Å². The van der Waals surface area contributed by atoms with E-state index in [-0.39, 0.29) is 17.8 Å². The Balaban J connectivity index is 0.000000199. The third-order valence-corrected chi connectivity index (χ3v) is 22.1. The zero-order valence-electron chi connectivity index (χ0n) is 67.8. The van der Waals surface area contributed by atoms with Gasteiger partial charge in [0, 0.05) is 67.5 Å². The summed E-state index contributed by atoms with van der Waals surface area (Å²) in [5.74, 6) is -41.2. The minimum absolute atomic E-state index is 0.229. The van der Waals surface area contributed by atoms with Crippen molar-refractivity contribution in [2.24, 2.45) is 35.5 Å². The third-order valence-electron chi connectivity index (χ3n) is 22.1. The van der Waals surface area contributed by atoms with Crippen LogP contribution in [0.15, 0.2) is 55.0 Å². The van der Waals surface area contributed by atoms with Gasteiger partial charge in [0.25, 0.3) is 41.5 Å². The SMILES string of the molecule is C[C@H]1NC(=O)C(C2CC2)N(C)C(=O)[C@H](C)[C@H](O)[C@H](Cc2c(F)nc(F)c(F)c2F)NC(=O)[C@H]1NC(=O)c1ncccc1O.C[C@H]1NC(=O)C(C2CC2)NC(=O)[C@H](C)[C@H](O)[C@H](Cc2c(F)nc(F)c(F)c2F)NC(=O)[C@H]1NC(=O)c1ncccc1O.C[C@H]1NC(=O)C(C2CC2)OC(=O)[C@H](C)[C@H](O)[C@H](Cc2c(F)nc(F)c(F)c2F)NC(=O)[C@H]1NC(=O)c1ncccc1O. The number of halogens is 12. The van der Waals surface area contributed by atoms with Gasteiger partial charge in [0.2, 0.25) is 76.6 Å². The van der Waals surface area contributed by atoms with Crippen LogP contribution >= 0.6 is 0 Å². The van der Waals surface area contributed by atoms with Gasteiger partial charge in [0.05, 0.1) is 72.3 Å². The fraction of sp³-hybridized carbons (Fsp3) is 0.468. The minimum atomic E-state index is -2.10. The highest BCUT2D eigenvalue weighted by Crippen LogP contribution is 2.39. The molecule has 3 unspecified atom stereocenters. The van der Waals surface area contributed by atoms with Crippen molar-refractivity contribution in [2.45, 2.75) is 190 Å². The molecule has 6 aromatic rings. The minimum Gasteiger partial charge on any atom is -0.505 e. The zero-order valence-corrected chi connectivity index (χ0v) is 67.8. The van der Waals surface area contributed by atoms with E-state index in [2.05, 4.69) is 83.1 Å². The maximum absolute atomic E-state index is 14.6. The van der Waals surface area contributed by atoms with Crippen LogP contribution in [0.1, 0.15) is 128 Å². The van der Waals surface area contributed by atoms with E-state index in [1.54, 1.807) is 0 Å². The molecular formula is C79H85F12N17O19. The van der Waals surface area contributed by atoms with Gasteiger partial charge < -0.3 is 93.4 Å². The second-order valence-corrected chi connectivity index (χ2v) is 31.3. The lowest BCUT2D eigenvalue weighted by atomic mass is 9.90. The molecule has 127 heavy (non-hydrogen) atoms. The predicted molar refractivity (Wildman–Crippen MR) is 405 cm³/mol. The van der Waals surface area contributed by atoms with Crippen molar-refractivity contribution in [1.82, 2.24) is 88.0 Å². The molecule has 0 spiro atoms. The number of pyridine rings is 6. The largest absolute Gasteiger partial charge is 0.505 e. The van der Waals surface area contributed by atoms with E-state index in [4.69, 9.17) is 4.74 Å². The Morgan fingerprint density at radius 3 is 1.06 bits per heavy atom. The monoisotopic (exact) mass is 1800 g/mol. The van der Waals surface area contributed by atoms with Crippen LogP contribution in [0, 0.1) is 106 Å². The number of cyclic esters (lactones) is 1. The number of hydrogen-bond acceptors (Lipinski definition) is 25. The van der Waals surface area contributed by atoms with Crippen LogP contribution in [0.3, 0.4) is 0 Å². The Hall–Kier alpha value is -13.0. The molecule has 0 aromatic carbocycles. The van der Waals surface area contributed by atoms with Crippen molar-refractivity contribution < 1.29 is 146 Å². The summed E-state index contributed by atoms with van der Waals surface area (Å²) in [6.07, 6.45) is -2.85. The van der Waals surface area contributed by atoms with Crippen LogP contribution in [-0.2, 0) is 67.2 Å². The first kappa shape index (κ1) is 96.2. The molecule has 6 aliphatic rings. The second-order valence-electron chi connectivity index (χ2n) is 31.3. The fourth-order valence-electron chi connectivity index (χ4n) is 14.3. The normalized spacial score (nSPS) is 27.1. The van der Waals surface area contributed by atoms with Crippen molar-refractivity contribution in [3.05, 3.63) is 159 Å². The zero-order chi connectivity index (χ0) is 93.5. The van der Waals surface area contributed by atoms with Crippen molar-refractivity contribution in [3.63, 3.8) is 0 Å². The maximum atomic E-state index is 14.6. The quantitative estimate of drug-likeness (QED) is 0.0382. The third kappa shape index (κ3) is 22.4. The fourth-order valence-corrected chi connectivity index (χ4v) is 14.3. The lowest BCUT2D eigenvalue weighted by molar-refractivity contribution is -0.165. The molecule has 0 radical (unpaired) electrons. The van der Waals surface area contributed by atoms with E-state index in [9.17, 15) is 141 Å². The van der Waals surface area contributed by atoms with E-state index in [0.29, 0.717) is 38.5 Å². The number of aliphatic hydroxyl groups is 3. The van der Waals surface area contributed by atoms with Gasteiger partial charge in [-0.05, 0) is 114 Å². The molecule has 3 aliphatic heterocycles. The number of amides is 11. The average Bonchev–Trinajstić information content (AvgIpc) is 1.76. The summed E-state index contributed by atoms with van der Waals surface area (Å²) in [5, 5.41) is 87.6. The summed E-state index contributed by atoms with van der Waals surface area (Å²) in [7, 11) is 1.35. The van der Waals surface area contributed by atoms with Crippen molar-refractivity contribution in [1.29, 1.82) is 0 Å². The van der Waals surface area contributed by atoms with Gasteiger partial charge in [0.15, 0.2) is 40.6 Å². The molecule has 11 amide bonds. The second kappa shape index (κ2) is 40.5. The van der Waals surface area contributed by atoms with Crippen molar-refractivity contribution >= 4 is 70.9 Å². The van der Waals surface area contributed by atoms with Gasteiger partial charge in [-0.1, -0.05) is 13.8 Å². The Morgan fingerprint density at radius 1 is 0.402 bits per heavy atom. The van der Waals surface area contributed by atoms with E-state index in [1.165, 1.54) is 97.5 Å². The molecule has 6 aromatic heterocycles. The van der Waals surface area contributed by atoms with E-state index in [0.717, 1.165) is 11.0 Å². The number of esters is 1. The van der Waals surface area contributed by atoms with Crippen LogP contribution in [0.25, 0.3) is 0 Å². The first-order valence-electron chi connectivity index (χ1n) is 39.4. The number of carbonyl (C=O) groups excluding carboxylic acids is 12. The molecule has 3 saturated carbocycles. The highest BCUT2D eigenvalue weighted by Gasteiger charge is 2.50. The molecule has 0 bridgehead atoms. The molecule has 12 rings (SSSR count). The van der Waals surface area contributed by atoms with E-state index < -0.39 is 320 Å². The Labute approximate surface area is 711 Å². The maximum Gasteiger partial charge on any atom is 0.312 e. The number of carbonyl (C=O) groups is 12. The van der Waals surface area contributed by atoms with Crippen LogP contribution in [0.4, 0.5) is 52.7 Å². The smallest absolute Gasteiger partial charge is 0.312 e. The average molecular weight is 1800 g/mol. The summed E-state index contributed by atoms with van der Waals surface area (Å²) in [4.78, 5) is 179. The lowest BCUT2D eigenvalue weighted by Gasteiger charge is -2.37. The molecule has 3 saturated heterocycles. The lowest BCUT2D eigenvalue weighted by Crippen LogP contribution is -2.64. The molecule has 9 heterocycles. The number of aromatic hydroxyl groups is 3. The van der Waals surface area contributed by atoms with E-state index in [1.807, 2.05) is 0 Å². The number of rotatable bonds is 15. The van der Waals surface area contributed by atoms with Gasteiger partial charge in [-0.15, -0.1) is 0 Å². The summed E-state index contributed by atoms with van der Waals surface area (Å²) < 4.78 is 175. The summed E-state index contributed by atoms with van der Waals surface area (Å²) in [5.41, 5.74) is -4.75. The van der Waals surface area contributed by atoms with Gasteiger partial charge in [-0.3, -0.25) is 57.5 Å². The number of aromatic nitrogens is 6. The van der Waals surface area contributed by atoms with E-state index >= 15 is 0 Å². The number of likely N-dealkylation sites (N-methyl/N-ethyl adjacent to an activating group) is 1. The van der Waals surface area contributed by atoms with Crippen LogP contribution in [-0.4, -0.2) is 234 Å². The number of hydrogen-bond donors (Lipinski definition) is 16. The summed E-state index contributed by atoms with van der Waals surface area (Å²) >= 11 is 0. The molecule has 16 N–H and O–H groups in total. The number of nitrogens with zero attached hydrogens (tertiary/aromatic N) is 7. The van der Waals surface area contributed by atoms with Crippen LogP contribution in [0.5, 0.6) is 17.2 Å². The standard InChI is InChI=1S/C27H30F4N6O6.C26H28F4N6O6.C26H27F4N5O7/c1-10-21(39)14(9-13-16(28)17(29)23(31)36-22(13)30)34-24(40)18(35-25(41)19-15(38)5-4-8-32-19)11(2)33-26(42)20(12-6-7-12)37(3)27(10)43;1-9-20(38)13(8-12-15(27)16(28)22(30)36-21(12)29)33-24(40)17(34-26(42)19-14(37)4-3-7-31-19)10(2)32-25(41)18(11-5-6-11)35-23(9)39;1-9-19(37)13(8-12-15(27)16(28)22(30)35-21(12)29)33-23(38)17(34-24(39)18-14(36)4-3-7-31-18)10(2)32-25(40)20(11-5-6-11)42-26(9)41/h4-5,8,10-12,14,18,20-21,38-39H,6-7,9H2,1-3H3,(H,33,42)(H,34,40)(H,35,41);3-4,7,9-11,13,17-18,20,37-38H,5-6,8H2,1-2H3,(H,32,41)(H,33,40)(H,34,42)(H,35,39);3-4,7,9-11,13,17,19-20,36-37H,5-6,8H2,1-2H3,(H,32,40)(H,33,38)(H,34,39)/t10-,11-,14+,18+,20?,21+;9-,10-,13+,17+,18?,20+;9-,10-,13+,17+,19+,20?/m111/s1. The number of nitrogens with one attached hydrogen (secondary N) is 10. The molecule has 48 heteroatoms. The first-order chi connectivity index (χ1) is 59.8. The van der Waals surface area contributed by atoms with Crippen LogP contribution < -0.4 is 53.2 Å². The molecule has 3 aliphatic carbocycles. The molecule has 6 fully saturated rings. The Bertz CT molecular complexity index is 5050. The van der Waals surface area contributed by atoms with Gasteiger partial charge in [-0.25, -0.2) is 28.1 Å². The molecule has 36 nitrogen and oxygen atoms in total. The number of aliphatic hydroxyl groups excluding tert-OH is 3. The highest BCUT2D eigenvalue weighted by molar-refractivity contribution is 6.01. The van der Waals surface area contributed by atoms with Gasteiger partial charge in [0.1, 0.15) is 47.5 Å². The summed E-state index contributed by atoms with van der Waals surface area (Å²) in [6, 6.07) is -8.17. The van der Waals surface area contributed by atoms with Gasteiger partial charge >= 0.3 is 5.97 Å². The molecule has 18 atom stereocenters.